The minimum absolute atomic E-state index is 0.0813. The van der Waals surface area contributed by atoms with Crippen molar-refractivity contribution in [2.45, 2.75) is 94.8 Å². The molecule has 3 atom stereocenters. The summed E-state index contributed by atoms with van der Waals surface area (Å²) < 4.78 is 12.5. The largest absolute Gasteiger partial charge is 0.478 e. The number of ketones is 1. The van der Waals surface area contributed by atoms with Crippen LogP contribution in [0.4, 0.5) is 0 Å². The minimum Gasteiger partial charge on any atom is -0.478 e. The van der Waals surface area contributed by atoms with E-state index in [1.54, 1.807) is 0 Å². The Balaban J connectivity index is 0.000000406. The van der Waals surface area contributed by atoms with Crippen molar-refractivity contribution in [1.29, 1.82) is 0 Å². The molecule has 7 heteroatoms. The molecule has 3 aliphatic rings. The van der Waals surface area contributed by atoms with E-state index in [1.807, 2.05) is 12.3 Å². The van der Waals surface area contributed by atoms with Crippen molar-refractivity contribution >= 4 is 11.8 Å². The molecule has 1 aromatic heterocycles. The molecule has 0 bridgehead atoms. The van der Waals surface area contributed by atoms with Crippen molar-refractivity contribution < 1.29 is 24.2 Å². The molecule has 2 aromatic rings. The van der Waals surface area contributed by atoms with E-state index < -0.39 is 5.97 Å². The molecule has 1 saturated carbocycles. The molecule has 40 heavy (non-hydrogen) atoms. The number of hydrogen-bond donors (Lipinski definition) is 2. The highest BCUT2D eigenvalue weighted by Gasteiger charge is 2.48. The number of rotatable bonds is 9. The Labute approximate surface area is 238 Å². The fraction of sp³-hybridized carbons (Fsp3) is 0.545. The van der Waals surface area contributed by atoms with Crippen LogP contribution in [0.3, 0.4) is 0 Å². The van der Waals surface area contributed by atoms with E-state index in [4.69, 9.17) is 19.6 Å². The second kappa shape index (κ2) is 14.2. The van der Waals surface area contributed by atoms with Gasteiger partial charge >= 0.3 is 5.97 Å². The maximum Gasteiger partial charge on any atom is 0.328 e. The van der Waals surface area contributed by atoms with Gasteiger partial charge in [-0.25, -0.2) is 4.79 Å². The van der Waals surface area contributed by atoms with Gasteiger partial charge in [-0.3, -0.25) is 9.78 Å². The molecule has 0 unspecified atom stereocenters. The third-order valence-corrected chi connectivity index (χ3v) is 8.63. The Kier molecular flexibility index (Phi) is 10.6. The minimum atomic E-state index is -1.10. The quantitative estimate of drug-likeness (QED) is 0.357. The summed E-state index contributed by atoms with van der Waals surface area (Å²) >= 11 is 0. The topological polar surface area (TPSA) is 97.8 Å². The van der Waals surface area contributed by atoms with Crippen LogP contribution in [-0.2, 0) is 24.5 Å². The summed E-state index contributed by atoms with van der Waals surface area (Å²) in [6.07, 6.45) is 14.6. The van der Waals surface area contributed by atoms with Crippen LogP contribution >= 0.6 is 0 Å². The molecule has 1 spiro atoms. The smallest absolute Gasteiger partial charge is 0.328 e. The van der Waals surface area contributed by atoms with Crippen LogP contribution in [-0.4, -0.2) is 47.2 Å². The van der Waals surface area contributed by atoms with Crippen LogP contribution in [0, 0.1) is 0 Å². The molecule has 2 aliphatic carbocycles. The van der Waals surface area contributed by atoms with Crippen LogP contribution in [0.5, 0.6) is 0 Å². The molecule has 1 aliphatic heterocycles. The number of benzene rings is 1. The number of fused-ring (bicyclic) bond motifs is 1. The fourth-order valence-electron chi connectivity index (χ4n) is 6.81. The molecule has 5 rings (SSSR count). The molecule has 0 amide bonds. The summed E-state index contributed by atoms with van der Waals surface area (Å²) in [4.78, 5) is 24.5. The predicted octanol–water partition coefficient (Wildman–Crippen LogP) is 6.25. The van der Waals surface area contributed by atoms with E-state index in [1.165, 1.54) is 49.4 Å². The standard InChI is InChI=1S/C28H38N2O2.C5H6O3/c1-2-31-25-13-12-24(22-9-3-4-10-23(22)25)29-19-16-27(26-11-5-8-18-30-26)17-20-32-28(21-27)14-6-7-15-28;1-4(6)2-3-5(7)8/h3-5,8-11,18,24-25,29H,2,6-7,12-17,19-21H2,1H3;2-3H,1H3,(H,7,8)/b;3-2+/t24-,25-,27+;/m0./s1. The number of nitrogens with zero attached hydrogens (tertiary/aromatic N) is 1. The molecule has 2 fully saturated rings. The lowest BCUT2D eigenvalue weighted by Crippen LogP contribution is -2.47. The fourth-order valence-corrected chi connectivity index (χ4v) is 6.81. The van der Waals surface area contributed by atoms with Gasteiger partial charge in [0.1, 0.15) is 0 Å². The van der Waals surface area contributed by atoms with Crippen LogP contribution < -0.4 is 5.32 Å². The number of nitrogens with one attached hydrogen (secondary N) is 1. The van der Waals surface area contributed by atoms with Crippen molar-refractivity contribution in [3.63, 3.8) is 0 Å². The van der Waals surface area contributed by atoms with Gasteiger partial charge in [0.15, 0.2) is 5.78 Å². The lowest BCUT2D eigenvalue weighted by atomic mass is 9.68. The first-order valence-corrected chi connectivity index (χ1v) is 14.8. The average molecular weight is 549 g/mol. The van der Waals surface area contributed by atoms with E-state index in [0.29, 0.717) is 6.04 Å². The number of carbonyl (C=O) groups excluding carboxylic acids is 1. The van der Waals surface area contributed by atoms with E-state index in [2.05, 4.69) is 48.6 Å². The number of pyridine rings is 1. The third kappa shape index (κ3) is 7.65. The van der Waals surface area contributed by atoms with Gasteiger partial charge in [-0.1, -0.05) is 43.2 Å². The van der Waals surface area contributed by atoms with Gasteiger partial charge in [0, 0.05) is 42.6 Å². The van der Waals surface area contributed by atoms with Crippen molar-refractivity contribution in [3.05, 3.63) is 77.6 Å². The number of allylic oxidation sites excluding steroid dienone is 1. The van der Waals surface area contributed by atoms with Crippen LogP contribution in [0.25, 0.3) is 0 Å². The van der Waals surface area contributed by atoms with Crippen molar-refractivity contribution in [1.82, 2.24) is 10.3 Å². The summed E-state index contributed by atoms with van der Waals surface area (Å²) in [5.74, 6) is -1.35. The Morgan fingerprint density at radius 1 is 1.07 bits per heavy atom. The number of hydrogen-bond acceptors (Lipinski definition) is 6. The maximum absolute atomic E-state index is 10.00. The van der Waals surface area contributed by atoms with Crippen molar-refractivity contribution in [3.8, 4) is 0 Å². The molecule has 216 valence electrons. The second-order valence-electron chi connectivity index (χ2n) is 11.3. The van der Waals surface area contributed by atoms with Gasteiger partial charge in [0.05, 0.1) is 11.7 Å². The molecule has 1 aromatic carbocycles. The normalized spacial score (nSPS) is 25.2. The number of carbonyl (C=O) groups is 2. The monoisotopic (exact) mass is 548 g/mol. The number of carboxylic acid groups (broad SMARTS) is 1. The molecular weight excluding hydrogens is 504 g/mol. The molecule has 1 saturated heterocycles. The molecule has 2 heterocycles. The molecular formula is C33H44N2O5. The summed E-state index contributed by atoms with van der Waals surface area (Å²) in [6.45, 7) is 6.02. The molecule has 2 N–H and O–H groups in total. The number of ether oxygens (including phenoxy) is 2. The summed E-state index contributed by atoms with van der Waals surface area (Å²) in [5.41, 5.74) is 4.24. The zero-order valence-electron chi connectivity index (χ0n) is 23.9. The summed E-state index contributed by atoms with van der Waals surface area (Å²) in [6, 6.07) is 15.7. The first-order valence-electron chi connectivity index (χ1n) is 14.8. The van der Waals surface area contributed by atoms with E-state index in [9.17, 15) is 9.59 Å². The van der Waals surface area contributed by atoms with Crippen LogP contribution in [0.1, 0.15) is 101 Å². The number of aliphatic carboxylic acids is 1. The van der Waals surface area contributed by atoms with Crippen LogP contribution in [0.15, 0.2) is 60.8 Å². The highest BCUT2D eigenvalue weighted by atomic mass is 16.5. The first-order chi connectivity index (χ1) is 19.4. The lowest BCUT2D eigenvalue weighted by Gasteiger charge is -2.46. The average Bonchev–Trinajstić information content (AvgIpc) is 3.41. The predicted molar refractivity (Wildman–Crippen MR) is 155 cm³/mol. The Morgan fingerprint density at radius 2 is 1.82 bits per heavy atom. The van der Waals surface area contributed by atoms with Gasteiger partial charge in [-0.2, -0.15) is 0 Å². The van der Waals surface area contributed by atoms with Gasteiger partial charge in [0.2, 0.25) is 0 Å². The van der Waals surface area contributed by atoms with E-state index in [0.717, 1.165) is 64.0 Å². The Bertz CT molecular complexity index is 1130. The maximum atomic E-state index is 10.00. The Morgan fingerprint density at radius 3 is 2.48 bits per heavy atom. The van der Waals surface area contributed by atoms with Gasteiger partial charge in [0.25, 0.3) is 0 Å². The van der Waals surface area contributed by atoms with Crippen molar-refractivity contribution in [2.75, 3.05) is 19.8 Å². The summed E-state index contributed by atoms with van der Waals surface area (Å²) in [7, 11) is 0. The van der Waals surface area contributed by atoms with Gasteiger partial charge in [-0.05, 0) is 94.7 Å². The Hall–Kier alpha value is -2.87. The third-order valence-electron chi connectivity index (χ3n) is 8.63. The summed E-state index contributed by atoms with van der Waals surface area (Å²) in [5, 5.41) is 11.9. The first kappa shape index (κ1) is 30.1. The van der Waals surface area contributed by atoms with Crippen molar-refractivity contribution in [2.24, 2.45) is 0 Å². The lowest BCUT2D eigenvalue weighted by molar-refractivity contribution is -0.131. The van der Waals surface area contributed by atoms with Gasteiger partial charge in [-0.15, -0.1) is 0 Å². The zero-order chi connectivity index (χ0) is 28.4. The van der Waals surface area contributed by atoms with E-state index in [-0.39, 0.29) is 22.9 Å². The highest BCUT2D eigenvalue weighted by molar-refractivity contribution is 5.93. The van der Waals surface area contributed by atoms with Gasteiger partial charge < -0.3 is 19.9 Å². The van der Waals surface area contributed by atoms with Crippen LogP contribution in [0.2, 0.25) is 0 Å². The highest BCUT2D eigenvalue weighted by Crippen LogP contribution is 2.49. The number of carboxylic acids is 1. The number of aromatic nitrogens is 1. The zero-order valence-corrected chi connectivity index (χ0v) is 23.9. The SMILES string of the molecule is CC(=O)/C=C/C(=O)O.CCO[C@H]1CC[C@H](NCC[C@@]2(c3ccccn3)CCOC3(CCCC3)C2)c2ccccc21. The second-order valence-corrected chi connectivity index (χ2v) is 11.3. The van der Waals surface area contributed by atoms with E-state index >= 15 is 0 Å². The molecule has 7 nitrogen and oxygen atoms in total. The molecule has 0 radical (unpaired) electrons.